The molecule has 0 aliphatic heterocycles. The number of rotatable bonds is 4. The highest BCUT2D eigenvalue weighted by molar-refractivity contribution is 5.78. The molecule has 1 aromatic carbocycles. The second-order valence-corrected chi connectivity index (χ2v) is 2.69. The zero-order valence-electron chi connectivity index (χ0n) is 7.62. The van der Waals surface area contributed by atoms with E-state index in [1.54, 1.807) is 18.2 Å². The van der Waals surface area contributed by atoms with Crippen LogP contribution in [0.1, 0.15) is 15.9 Å². The van der Waals surface area contributed by atoms with Gasteiger partial charge in [-0.05, 0) is 13.0 Å². The fraction of sp³-hybridized carbons (Fsp3) is 0.182. The third-order valence-electron chi connectivity index (χ3n) is 1.81. The van der Waals surface area contributed by atoms with Crippen molar-refractivity contribution in [2.24, 2.45) is 0 Å². The van der Waals surface area contributed by atoms with Crippen LogP contribution in [0.2, 0.25) is 0 Å². The van der Waals surface area contributed by atoms with Crippen molar-refractivity contribution in [3.63, 3.8) is 0 Å². The van der Waals surface area contributed by atoms with Crippen LogP contribution in [0.25, 0.3) is 0 Å². The van der Waals surface area contributed by atoms with Gasteiger partial charge in [-0.2, -0.15) is 0 Å². The predicted molar refractivity (Wildman–Crippen MR) is 52.3 cm³/mol. The third kappa shape index (κ3) is 2.18. The highest BCUT2D eigenvalue weighted by atomic mass is 16.5. The average Bonchev–Trinajstić information content (AvgIpc) is 2.16. The van der Waals surface area contributed by atoms with Crippen LogP contribution in [0.4, 0.5) is 0 Å². The van der Waals surface area contributed by atoms with Crippen LogP contribution in [0.15, 0.2) is 30.9 Å². The van der Waals surface area contributed by atoms with E-state index in [4.69, 9.17) is 4.74 Å². The van der Waals surface area contributed by atoms with E-state index in [-0.39, 0.29) is 0 Å². The quantitative estimate of drug-likeness (QED) is 0.520. The molecule has 0 radical (unpaired) electrons. The number of hydrogen-bond donors (Lipinski definition) is 0. The summed E-state index contributed by atoms with van der Waals surface area (Å²) in [6.07, 6.45) is 2.50. The molecular weight excluding hydrogens is 164 g/mol. The first-order valence-electron chi connectivity index (χ1n) is 4.08. The molecule has 1 rings (SSSR count). The summed E-state index contributed by atoms with van der Waals surface area (Å²) in [6.45, 7) is 5.88. The lowest BCUT2D eigenvalue weighted by molar-refractivity contribution is 0.112. The largest absolute Gasteiger partial charge is 0.489 e. The van der Waals surface area contributed by atoms with E-state index in [0.29, 0.717) is 12.2 Å². The summed E-state index contributed by atoms with van der Waals surface area (Å²) < 4.78 is 5.35. The molecule has 0 bridgehead atoms. The summed E-state index contributed by atoms with van der Waals surface area (Å²) in [5, 5.41) is 0. The van der Waals surface area contributed by atoms with Gasteiger partial charge in [0.1, 0.15) is 18.6 Å². The summed E-state index contributed by atoms with van der Waals surface area (Å²) in [5.74, 6) is 0.740. The molecule has 2 heteroatoms. The molecule has 68 valence electrons. The standard InChI is InChI=1S/C11H12O2/c1-3-7-13-11-6-4-5-10(8-12)9(11)2/h3-6,8H,1,7H2,2H3. The number of benzene rings is 1. The molecule has 0 aromatic heterocycles. The van der Waals surface area contributed by atoms with Crippen molar-refractivity contribution in [2.45, 2.75) is 6.92 Å². The van der Waals surface area contributed by atoms with Gasteiger partial charge in [0, 0.05) is 11.1 Å². The summed E-state index contributed by atoms with van der Waals surface area (Å²) >= 11 is 0. The van der Waals surface area contributed by atoms with Gasteiger partial charge in [0.15, 0.2) is 0 Å². The number of carbonyl (C=O) groups is 1. The topological polar surface area (TPSA) is 26.3 Å². The first-order valence-corrected chi connectivity index (χ1v) is 4.08. The second-order valence-electron chi connectivity index (χ2n) is 2.69. The lowest BCUT2D eigenvalue weighted by Gasteiger charge is -2.07. The lowest BCUT2D eigenvalue weighted by Crippen LogP contribution is -1.97. The number of carbonyl (C=O) groups excluding carboxylic acids is 1. The van der Waals surface area contributed by atoms with Crippen LogP contribution in [0.3, 0.4) is 0 Å². The Morgan fingerprint density at radius 3 is 2.92 bits per heavy atom. The third-order valence-corrected chi connectivity index (χ3v) is 1.81. The molecule has 0 amide bonds. The van der Waals surface area contributed by atoms with Gasteiger partial charge in [-0.3, -0.25) is 4.79 Å². The molecule has 2 nitrogen and oxygen atoms in total. The van der Waals surface area contributed by atoms with Crippen LogP contribution in [0.5, 0.6) is 5.75 Å². The Hall–Kier alpha value is -1.57. The Bertz CT molecular complexity index is 316. The first kappa shape index (κ1) is 9.52. The maximum absolute atomic E-state index is 10.6. The SMILES string of the molecule is C=CCOc1cccc(C=O)c1C. The van der Waals surface area contributed by atoms with Gasteiger partial charge in [0.05, 0.1) is 0 Å². The van der Waals surface area contributed by atoms with Crippen molar-refractivity contribution in [3.8, 4) is 5.75 Å². The van der Waals surface area contributed by atoms with E-state index in [2.05, 4.69) is 6.58 Å². The minimum absolute atomic E-state index is 0.461. The van der Waals surface area contributed by atoms with E-state index >= 15 is 0 Å². The van der Waals surface area contributed by atoms with Crippen LogP contribution in [0, 0.1) is 6.92 Å². The molecule has 0 heterocycles. The van der Waals surface area contributed by atoms with Gasteiger partial charge in [0.25, 0.3) is 0 Å². The zero-order valence-corrected chi connectivity index (χ0v) is 7.62. The van der Waals surface area contributed by atoms with Crippen LogP contribution in [-0.2, 0) is 0 Å². The minimum Gasteiger partial charge on any atom is -0.489 e. The monoisotopic (exact) mass is 176 g/mol. The summed E-state index contributed by atoms with van der Waals surface area (Å²) in [6, 6.07) is 5.41. The van der Waals surface area contributed by atoms with Gasteiger partial charge in [-0.15, -0.1) is 0 Å². The minimum atomic E-state index is 0.461. The Kier molecular flexibility index (Phi) is 3.26. The van der Waals surface area contributed by atoms with Crippen molar-refractivity contribution in [1.29, 1.82) is 0 Å². The first-order chi connectivity index (χ1) is 6.29. The highest BCUT2D eigenvalue weighted by Gasteiger charge is 2.02. The molecule has 0 aliphatic carbocycles. The second kappa shape index (κ2) is 4.45. The average molecular weight is 176 g/mol. The molecule has 0 N–H and O–H groups in total. The van der Waals surface area contributed by atoms with E-state index in [1.165, 1.54) is 0 Å². The Labute approximate surface area is 77.8 Å². The maximum Gasteiger partial charge on any atom is 0.150 e. The van der Waals surface area contributed by atoms with Crippen LogP contribution in [-0.4, -0.2) is 12.9 Å². The number of hydrogen-bond acceptors (Lipinski definition) is 2. The molecule has 0 saturated heterocycles. The molecule has 1 aromatic rings. The molecule has 0 spiro atoms. The zero-order chi connectivity index (χ0) is 9.68. The van der Waals surface area contributed by atoms with Gasteiger partial charge >= 0.3 is 0 Å². The smallest absolute Gasteiger partial charge is 0.150 e. The van der Waals surface area contributed by atoms with Gasteiger partial charge in [-0.1, -0.05) is 24.8 Å². The molecule has 0 aliphatic rings. The predicted octanol–water partition coefficient (Wildman–Crippen LogP) is 2.37. The Balaban J connectivity index is 2.93. The normalized spacial score (nSPS) is 9.31. The molecule has 13 heavy (non-hydrogen) atoms. The maximum atomic E-state index is 10.6. The van der Waals surface area contributed by atoms with Gasteiger partial charge in [0.2, 0.25) is 0 Å². The summed E-state index contributed by atoms with van der Waals surface area (Å²) in [7, 11) is 0. The summed E-state index contributed by atoms with van der Waals surface area (Å²) in [4.78, 5) is 10.6. The fourth-order valence-corrected chi connectivity index (χ4v) is 1.06. The Morgan fingerprint density at radius 2 is 2.31 bits per heavy atom. The van der Waals surface area contributed by atoms with Crippen molar-refractivity contribution in [2.75, 3.05) is 6.61 Å². The molecular formula is C11H12O2. The van der Waals surface area contributed by atoms with Crippen LogP contribution < -0.4 is 4.74 Å². The van der Waals surface area contributed by atoms with Gasteiger partial charge < -0.3 is 4.74 Å². The Morgan fingerprint density at radius 1 is 1.54 bits per heavy atom. The van der Waals surface area contributed by atoms with E-state index in [0.717, 1.165) is 17.6 Å². The summed E-state index contributed by atoms with van der Waals surface area (Å²) in [5.41, 5.74) is 1.54. The van der Waals surface area contributed by atoms with E-state index < -0.39 is 0 Å². The van der Waals surface area contributed by atoms with Crippen molar-refractivity contribution >= 4 is 6.29 Å². The highest BCUT2D eigenvalue weighted by Crippen LogP contribution is 2.19. The van der Waals surface area contributed by atoms with Crippen molar-refractivity contribution in [3.05, 3.63) is 42.0 Å². The molecule has 0 unspecified atom stereocenters. The molecule has 0 atom stereocenters. The fourth-order valence-electron chi connectivity index (χ4n) is 1.06. The number of aldehydes is 1. The van der Waals surface area contributed by atoms with Gasteiger partial charge in [-0.25, -0.2) is 0 Å². The van der Waals surface area contributed by atoms with Crippen molar-refractivity contribution < 1.29 is 9.53 Å². The molecule has 0 saturated carbocycles. The molecule has 0 fully saturated rings. The lowest BCUT2D eigenvalue weighted by atomic mass is 10.1. The number of ether oxygens (including phenoxy) is 1. The van der Waals surface area contributed by atoms with Crippen LogP contribution >= 0.6 is 0 Å². The van der Waals surface area contributed by atoms with E-state index in [1.807, 2.05) is 13.0 Å². The van der Waals surface area contributed by atoms with Crippen molar-refractivity contribution in [1.82, 2.24) is 0 Å². The van der Waals surface area contributed by atoms with E-state index in [9.17, 15) is 4.79 Å².